The van der Waals surface area contributed by atoms with Crippen LogP contribution >= 0.6 is 6.60 Å². The fourth-order valence-electron chi connectivity index (χ4n) is 5.35. The Balaban J connectivity index is 2.04. The first kappa shape index (κ1) is 21.2. The first-order valence-corrected chi connectivity index (χ1v) is 14.0. The van der Waals surface area contributed by atoms with Crippen LogP contribution in [0.2, 0.25) is 0 Å². The zero-order valence-electron chi connectivity index (χ0n) is 19.0. The zero-order valence-corrected chi connectivity index (χ0v) is 19.9. The minimum absolute atomic E-state index is 0.692. The zero-order chi connectivity index (χ0) is 22.9. The molecule has 4 aromatic carbocycles. The van der Waals surface area contributed by atoms with Crippen molar-refractivity contribution in [2.24, 2.45) is 0 Å². The average Bonchev–Trinajstić information content (AvgIpc) is 3.28. The molecule has 0 bridgehead atoms. The Bertz CT molecular complexity index is 1360. The quantitative estimate of drug-likeness (QED) is 0.336. The van der Waals surface area contributed by atoms with Crippen molar-refractivity contribution in [3.05, 3.63) is 121 Å². The number of hydrogen-bond acceptors (Lipinski definition) is 1. The minimum atomic E-state index is -3.12. The monoisotopic (exact) mass is 446 g/mol. The van der Waals surface area contributed by atoms with E-state index in [-0.39, 0.29) is 0 Å². The van der Waals surface area contributed by atoms with Crippen molar-refractivity contribution in [2.45, 2.75) is 13.5 Å². The molecule has 0 amide bonds. The summed E-state index contributed by atoms with van der Waals surface area (Å²) in [5, 5.41) is 14.7. The summed E-state index contributed by atoms with van der Waals surface area (Å²) in [7, 11) is 0. The summed E-state index contributed by atoms with van der Waals surface area (Å²) in [5.74, 6) is 0. The van der Waals surface area contributed by atoms with E-state index in [1.165, 1.54) is 26.7 Å². The fraction of sp³-hybridized carbons (Fsp3) is 0.100. The number of aromatic nitrogens is 1. The molecule has 3 heteroatoms. The summed E-state index contributed by atoms with van der Waals surface area (Å²) in [5.41, 5.74) is 3.12. The van der Waals surface area contributed by atoms with E-state index in [0.717, 1.165) is 12.1 Å². The Morgan fingerprint density at radius 1 is 0.697 bits per heavy atom. The summed E-state index contributed by atoms with van der Waals surface area (Å²) < 4.78 is 2.43. The van der Waals surface area contributed by atoms with Gasteiger partial charge in [-0.05, 0) is 0 Å². The molecule has 0 radical (unpaired) electrons. The predicted octanol–water partition coefficient (Wildman–Crippen LogP) is 5.32. The summed E-state index contributed by atoms with van der Waals surface area (Å²) in [4.78, 5) is 0. The van der Waals surface area contributed by atoms with E-state index in [9.17, 15) is 5.26 Å². The molecule has 2 nitrogen and oxygen atoms in total. The van der Waals surface area contributed by atoms with E-state index in [1.54, 1.807) is 0 Å². The van der Waals surface area contributed by atoms with Crippen LogP contribution in [0.1, 0.15) is 12.5 Å². The second-order valence-corrected chi connectivity index (χ2v) is 13.8. The van der Waals surface area contributed by atoms with Gasteiger partial charge in [-0.3, -0.25) is 0 Å². The predicted molar refractivity (Wildman–Crippen MR) is 143 cm³/mol. The average molecular weight is 447 g/mol. The van der Waals surface area contributed by atoms with Crippen molar-refractivity contribution in [3.8, 4) is 6.07 Å². The molecule has 0 spiro atoms. The van der Waals surface area contributed by atoms with Gasteiger partial charge >= 0.3 is 196 Å². The molecule has 0 fully saturated rings. The molecule has 0 N–H and O–H groups in total. The standard InChI is InChI=1S/C30H27N2P/c1-3-32-29-21-24(23-31)19-20-25(29)22-30(32)33(2,26-13-7-4-8-14-26,27-15-9-5-10-16-27)28-17-11-6-12-18-28/h4-22H,3H2,1-2H3. The molecule has 0 aliphatic carbocycles. The number of rotatable bonds is 5. The number of aryl methyl sites for hydroxylation is 1. The van der Waals surface area contributed by atoms with Crippen molar-refractivity contribution in [3.63, 3.8) is 0 Å². The Hall–Kier alpha value is -3.66. The van der Waals surface area contributed by atoms with Crippen LogP contribution in [0.3, 0.4) is 0 Å². The Morgan fingerprint density at radius 3 is 1.61 bits per heavy atom. The molecule has 0 aliphatic heterocycles. The van der Waals surface area contributed by atoms with Gasteiger partial charge in [0.2, 0.25) is 0 Å². The summed E-state index contributed by atoms with van der Waals surface area (Å²) in [6.07, 6.45) is 0. The van der Waals surface area contributed by atoms with Crippen molar-refractivity contribution in [1.29, 1.82) is 5.26 Å². The molecule has 0 saturated carbocycles. The van der Waals surface area contributed by atoms with Crippen molar-refractivity contribution >= 4 is 38.9 Å². The van der Waals surface area contributed by atoms with Gasteiger partial charge in [0, 0.05) is 0 Å². The first-order valence-electron chi connectivity index (χ1n) is 11.3. The second kappa shape index (κ2) is 8.04. The molecule has 0 unspecified atom stereocenters. The second-order valence-electron chi connectivity index (χ2n) is 8.70. The molecule has 5 aromatic rings. The van der Waals surface area contributed by atoms with Gasteiger partial charge in [-0.15, -0.1) is 0 Å². The molecular weight excluding hydrogens is 419 g/mol. The third kappa shape index (κ3) is 2.97. The van der Waals surface area contributed by atoms with Crippen LogP contribution in [-0.2, 0) is 6.54 Å². The molecule has 5 rings (SSSR count). The van der Waals surface area contributed by atoms with Gasteiger partial charge in [-0.2, -0.15) is 0 Å². The Kier molecular flexibility index (Phi) is 5.16. The van der Waals surface area contributed by atoms with Crippen LogP contribution in [0.15, 0.2) is 115 Å². The van der Waals surface area contributed by atoms with Crippen LogP contribution in [0, 0.1) is 11.3 Å². The topological polar surface area (TPSA) is 28.7 Å². The number of benzene rings is 4. The van der Waals surface area contributed by atoms with E-state index >= 15 is 0 Å². The SMILES string of the molecule is CCn1c(P(C)(c2ccccc2)(c2ccccc2)c2ccccc2)cc2ccc(C#N)cc21. The Labute approximate surface area is 195 Å². The molecule has 0 atom stereocenters. The number of fused-ring (bicyclic) bond motifs is 1. The van der Waals surface area contributed by atoms with Crippen LogP contribution in [0.5, 0.6) is 0 Å². The van der Waals surface area contributed by atoms with Gasteiger partial charge in [0.15, 0.2) is 0 Å². The fourth-order valence-corrected chi connectivity index (χ4v) is 11.1. The first-order chi connectivity index (χ1) is 16.1. The van der Waals surface area contributed by atoms with Gasteiger partial charge in [-0.1, -0.05) is 0 Å². The number of nitriles is 1. The van der Waals surface area contributed by atoms with E-state index in [4.69, 9.17) is 0 Å². The third-order valence-corrected chi connectivity index (χ3v) is 13.4. The Morgan fingerprint density at radius 2 is 1.18 bits per heavy atom. The van der Waals surface area contributed by atoms with Crippen molar-refractivity contribution in [2.75, 3.05) is 6.66 Å². The normalized spacial score (nSPS) is 12.7. The van der Waals surface area contributed by atoms with E-state index in [1.807, 2.05) is 12.1 Å². The van der Waals surface area contributed by atoms with Gasteiger partial charge < -0.3 is 0 Å². The maximum atomic E-state index is 9.56. The molecular formula is C30H27N2P. The van der Waals surface area contributed by atoms with Crippen molar-refractivity contribution < 1.29 is 0 Å². The molecule has 0 saturated heterocycles. The molecule has 162 valence electrons. The van der Waals surface area contributed by atoms with E-state index in [2.05, 4.69) is 127 Å². The summed E-state index contributed by atoms with van der Waals surface area (Å²) >= 11 is 0. The molecule has 1 heterocycles. The third-order valence-electron chi connectivity index (χ3n) is 7.11. The number of hydrogen-bond donors (Lipinski definition) is 0. The maximum absolute atomic E-state index is 9.56. The van der Waals surface area contributed by atoms with Crippen molar-refractivity contribution in [1.82, 2.24) is 4.57 Å². The van der Waals surface area contributed by atoms with Gasteiger partial charge in [-0.25, -0.2) is 0 Å². The van der Waals surface area contributed by atoms with Gasteiger partial charge in [0.05, 0.1) is 0 Å². The van der Waals surface area contributed by atoms with Gasteiger partial charge in [0.1, 0.15) is 0 Å². The van der Waals surface area contributed by atoms with Crippen LogP contribution < -0.4 is 21.3 Å². The number of nitrogens with zero attached hydrogens (tertiary/aromatic N) is 2. The summed E-state index contributed by atoms with van der Waals surface area (Å²) in [6, 6.07) is 43.6. The van der Waals surface area contributed by atoms with Crippen LogP contribution in [0.4, 0.5) is 0 Å². The van der Waals surface area contributed by atoms with Crippen LogP contribution in [-0.4, -0.2) is 11.2 Å². The molecule has 0 aliphatic rings. The molecule has 33 heavy (non-hydrogen) atoms. The van der Waals surface area contributed by atoms with Crippen LogP contribution in [0.25, 0.3) is 10.9 Å². The van der Waals surface area contributed by atoms with E-state index in [0.29, 0.717) is 5.56 Å². The van der Waals surface area contributed by atoms with Gasteiger partial charge in [0.25, 0.3) is 0 Å². The van der Waals surface area contributed by atoms with E-state index < -0.39 is 6.60 Å². The molecule has 1 aromatic heterocycles. The summed E-state index contributed by atoms with van der Waals surface area (Å²) in [6.45, 7) is 2.38.